The Morgan fingerprint density at radius 1 is 0.857 bits per heavy atom. The minimum absolute atomic E-state index is 0.637. The first kappa shape index (κ1) is 15.5. The van der Waals surface area contributed by atoms with Crippen molar-refractivity contribution in [1.82, 2.24) is 0 Å². The van der Waals surface area contributed by atoms with Crippen LogP contribution in [0.5, 0.6) is 0 Å². The highest BCUT2D eigenvalue weighted by atomic mass is 16.5. The fraction of sp³-hybridized carbons (Fsp3) is 0.333. The number of para-hydroxylation sites is 1. The number of benzene rings is 2. The van der Waals surface area contributed by atoms with Crippen molar-refractivity contribution in [3.05, 3.63) is 65.2 Å². The highest BCUT2D eigenvalue weighted by molar-refractivity contribution is 5.51. The summed E-state index contributed by atoms with van der Waals surface area (Å²) in [6.07, 6.45) is 0. The van der Waals surface area contributed by atoms with E-state index in [1.54, 1.807) is 7.11 Å². The van der Waals surface area contributed by atoms with E-state index in [0.717, 1.165) is 18.8 Å². The molecule has 3 heteroatoms. The van der Waals surface area contributed by atoms with Gasteiger partial charge in [-0.2, -0.15) is 0 Å². The van der Waals surface area contributed by atoms with Crippen molar-refractivity contribution in [2.75, 3.05) is 19.0 Å². The van der Waals surface area contributed by atoms with E-state index in [0.29, 0.717) is 13.2 Å². The van der Waals surface area contributed by atoms with Crippen molar-refractivity contribution in [3.8, 4) is 0 Å². The maximum Gasteiger partial charge on any atom is 0.0736 e. The second kappa shape index (κ2) is 8.45. The zero-order chi connectivity index (χ0) is 14.9. The summed E-state index contributed by atoms with van der Waals surface area (Å²) in [5.41, 5.74) is 4.78. The largest absolute Gasteiger partial charge is 0.381 e. The summed E-state index contributed by atoms with van der Waals surface area (Å²) in [7, 11) is 1.72. The summed E-state index contributed by atoms with van der Waals surface area (Å²) in [5, 5.41) is 3.50. The third-order valence-corrected chi connectivity index (χ3v) is 3.37. The first-order chi connectivity index (χ1) is 10.3. The zero-order valence-electron chi connectivity index (χ0n) is 12.8. The Bertz CT molecular complexity index is 554. The highest BCUT2D eigenvalue weighted by Crippen LogP contribution is 2.18. The van der Waals surface area contributed by atoms with Crippen LogP contribution >= 0.6 is 0 Å². The average molecular weight is 285 g/mol. The first-order valence-corrected chi connectivity index (χ1v) is 7.30. The number of rotatable bonds is 8. The van der Waals surface area contributed by atoms with Gasteiger partial charge in [0.15, 0.2) is 0 Å². The Labute approximate surface area is 126 Å². The van der Waals surface area contributed by atoms with Crippen LogP contribution in [0.25, 0.3) is 0 Å². The van der Waals surface area contributed by atoms with Crippen molar-refractivity contribution >= 4 is 5.69 Å². The second-order valence-electron chi connectivity index (χ2n) is 4.85. The summed E-state index contributed by atoms with van der Waals surface area (Å²) in [6.45, 7) is 4.79. The van der Waals surface area contributed by atoms with E-state index < -0.39 is 0 Å². The Balaban J connectivity index is 2.06. The van der Waals surface area contributed by atoms with Gasteiger partial charge < -0.3 is 14.8 Å². The molecule has 1 N–H and O–H groups in total. The van der Waals surface area contributed by atoms with Crippen LogP contribution in [-0.2, 0) is 29.2 Å². The van der Waals surface area contributed by atoms with Gasteiger partial charge in [-0.15, -0.1) is 0 Å². The molecule has 0 amide bonds. The molecule has 2 aromatic rings. The molecule has 0 heterocycles. The topological polar surface area (TPSA) is 30.5 Å². The number of nitrogens with one attached hydrogen (secondary N) is 1. The summed E-state index contributed by atoms with van der Waals surface area (Å²) in [4.78, 5) is 0. The van der Waals surface area contributed by atoms with E-state index >= 15 is 0 Å². The quantitative estimate of drug-likeness (QED) is 0.795. The minimum atomic E-state index is 0.637. The van der Waals surface area contributed by atoms with Crippen LogP contribution in [0.15, 0.2) is 48.5 Å². The third-order valence-electron chi connectivity index (χ3n) is 3.37. The Morgan fingerprint density at radius 2 is 1.52 bits per heavy atom. The standard InChI is InChI=1S/C18H23NO2/c1-3-21-14-17-10-6-7-11-18(17)19-12-15-8-4-5-9-16(15)13-20-2/h4-11,19H,3,12-14H2,1-2H3. The number of hydrogen-bond acceptors (Lipinski definition) is 3. The van der Waals surface area contributed by atoms with Crippen LogP contribution in [0.2, 0.25) is 0 Å². The van der Waals surface area contributed by atoms with E-state index in [1.807, 2.05) is 25.1 Å². The molecular formula is C18H23NO2. The molecule has 3 nitrogen and oxygen atoms in total. The molecule has 0 aliphatic heterocycles. The number of hydrogen-bond donors (Lipinski definition) is 1. The lowest BCUT2D eigenvalue weighted by atomic mass is 10.1. The summed E-state index contributed by atoms with van der Waals surface area (Å²) in [6, 6.07) is 16.6. The van der Waals surface area contributed by atoms with Crippen molar-refractivity contribution in [2.45, 2.75) is 26.7 Å². The van der Waals surface area contributed by atoms with Gasteiger partial charge in [-0.3, -0.25) is 0 Å². The van der Waals surface area contributed by atoms with Gasteiger partial charge >= 0.3 is 0 Å². The monoisotopic (exact) mass is 285 g/mol. The van der Waals surface area contributed by atoms with Crippen LogP contribution in [0.1, 0.15) is 23.6 Å². The van der Waals surface area contributed by atoms with Crippen molar-refractivity contribution in [2.24, 2.45) is 0 Å². The molecule has 0 spiro atoms. The van der Waals surface area contributed by atoms with Crippen LogP contribution < -0.4 is 5.32 Å². The Kier molecular flexibility index (Phi) is 6.25. The molecule has 21 heavy (non-hydrogen) atoms. The second-order valence-corrected chi connectivity index (χ2v) is 4.85. The van der Waals surface area contributed by atoms with Gasteiger partial charge in [0.25, 0.3) is 0 Å². The lowest BCUT2D eigenvalue weighted by Crippen LogP contribution is -2.06. The molecule has 0 atom stereocenters. The molecule has 0 saturated heterocycles. The molecule has 0 unspecified atom stereocenters. The van der Waals surface area contributed by atoms with Gasteiger partial charge in [0, 0.05) is 31.5 Å². The van der Waals surface area contributed by atoms with Gasteiger partial charge in [0.1, 0.15) is 0 Å². The van der Waals surface area contributed by atoms with Crippen LogP contribution in [0, 0.1) is 0 Å². The maximum atomic E-state index is 5.51. The van der Waals surface area contributed by atoms with Crippen LogP contribution in [-0.4, -0.2) is 13.7 Å². The summed E-state index contributed by atoms with van der Waals surface area (Å²) < 4.78 is 10.8. The lowest BCUT2D eigenvalue weighted by Gasteiger charge is -2.14. The molecule has 0 bridgehead atoms. The molecule has 0 aromatic heterocycles. The zero-order valence-corrected chi connectivity index (χ0v) is 12.8. The highest BCUT2D eigenvalue weighted by Gasteiger charge is 2.04. The van der Waals surface area contributed by atoms with E-state index in [2.05, 4.69) is 35.6 Å². The van der Waals surface area contributed by atoms with Crippen molar-refractivity contribution in [1.29, 1.82) is 0 Å². The fourth-order valence-electron chi connectivity index (χ4n) is 2.25. The van der Waals surface area contributed by atoms with Gasteiger partial charge in [0.05, 0.1) is 13.2 Å². The van der Waals surface area contributed by atoms with Crippen LogP contribution in [0.3, 0.4) is 0 Å². The molecule has 0 aliphatic carbocycles. The molecule has 2 aromatic carbocycles. The van der Waals surface area contributed by atoms with E-state index in [9.17, 15) is 0 Å². The van der Waals surface area contributed by atoms with E-state index in [1.165, 1.54) is 16.7 Å². The van der Waals surface area contributed by atoms with E-state index in [-0.39, 0.29) is 0 Å². The number of methoxy groups -OCH3 is 1. The number of anilines is 1. The van der Waals surface area contributed by atoms with Crippen LogP contribution in [0.4, 0.5) is 5.69 Å². The smallest absolute Gasteiger partial charge is 0.0736 e. The normalized spacial score (nSPS) is 10.6. The molecule has 2 rings (SSSR count). The molecule has 0 fully saturated rings. The lowest BCUT2D eigenvalue weighted by molar-refractivity contribution is 0.134. The SMILES string of the molecule is CCOCc1ccccc1NCc1ccccc1COC. The predicted molar refractivity (Wildman–Crippen MR) is 86.3 cm³/mol. The van der Waals surface area contributed by atoms with E-state index in [4.69, 9.17) is 9.47 Å². The van der Waals surface area contributed by atoms with Gasteiger partial charge in [-0.05, 0) is 24.1 Å². The molecule has 0 saturated carbocycles. The summed E-state index contributed by atoms with van der Waals surface area (Å²) in [5.74, 6) is 0. The van der Waals surface area contributed by atoms with Gasteiger partial charge in [-0.25, -0.2) is 0 Å². The Morgan fingerprint density at radius 3 is 2.24 bits per heavy atom. The number of ether oxygens (including phenoxy) is 2. The minimum Gasteiger partial charge on any atom is -0.381 e. The Hall–Kier alpha value is -1.84. The summed E-state index contributed by atoms with van der Waals surface area (Å²) >= 11 is 0. The fourth-order valence-corrected chi connectivity index (χ4v) is 2.25. The van der Waals surface area contributed by atoms with Gasteiger partial charge in [-0.1, -0.05) is 42.5 Å². The maximum absolute atomic E-state index is 5.51. The van der Waals surface area contributed by atoms with Crippen molar-refractivity contribution < 1.29 is 9.47 Å². The molecular weight excluding hydrogens is 262 g/mol. The first-order valence-electron chi connectivity index (χ1n) is 7.30. The van der Waals surface area contributed by atoms with Crippen molar-refractivity contribution in [3.63, 3.8) is 0 Å². The third kappa shape index (κ3) is 4.59. The molecule has 112 valence electrons. The molecule has 0 aliphatic rings. The predicted octanol–water partition coefficient (Wildman–Crippen LogP) is 3.98. The molecule has 0 radical (unpaired) electrons. The average Bonchev–Trinajstić information content (AvgIpc) is 2.53. The van der Waals surface area contributed by atoms with Gasteiger partial charge in [0.2, 0.25) is 0 Å².